The number of aromatic amines is 2. The van der Waals surface area contributed by atoms with E-state index in [1.807, 2.05) is 97.1 Å². The highest BCUT2D eigenvalue weighted by atomic mass is 16.3. The number of nitrogens with one attached hydrogen (secondary N) is 2. The molecular formula is C39H36N4O4. The summed E-state index contributed by atoms with van der Waals surface area (Å²) in [6.07, 6.45) is 7.81. The van der Waals surface area contributed by atoms with Gasteiger partial charge in [0.05, 0.1) is 11.4 Å². The molecular weight excluding hydrogens is 588 g/mol. The molecule has 8 heteroatoms. The molecule has 0 saturated carbocycles. The van der Waals surface area contributed by atoms with Crippen LogP contribution in [0.2, 0.25) is 0 Å². The number of unbranched alkanes of at least 4 members (excludes halogenated alkanes) is 4. The lowest BCUT2D eigenvalue weighted by atomic mass is 9.87. The Morgan fingerprint density at radius 2 is 0.872 bits per heavy atom. The van der Waals surface area contributed by atoms with Crippen molar-refractivity contribution in [2.75, 3.05) is 22.9 Å². The van der Waals surface area contributed by atoms with Gasteiger partial charge in [0, 0.05) is 69.5 Å². The number of carbonyl (C=O) groups excluding carboxylic acids is 2. The van der Waals surface area contributed by atoms with Crippen LogP contribution in [0.15, 0.2) is 109 Å². The van der Waals surface area contributed by atoms with E-state index in [0.717, 1.165) is 65.3 Å². The Kier molecular flexibility index (Phi) is 7.00. The highest BCUT2D eigenvalue weighted by Crippen LogP contribution is 2.47. The number of fused-ring (bicyclic) bond motifs is 4. The first-order chi connectivity index (χ1) is 22.9. The topological polar surface area (TPSA) is 113 Å². The summed E-state index contributed by atoms with van der Waals surface area (Å²) in [5.74, 6) is -0.644. The summed E-state index contributed by atoms with van der Waals surface area (Å²) in [5, 5.41) is 25.7. The molecule has 2 aliphatic rings. The second-order valence-corrected chi connectivity index (χ2v) is 12.6. The SMILES string of the molecule is O=C1N(CCCCCCCN2C(=O)C(O)(c3c[nH]c4ccccc34)c3ccccc32)c2ccccc2C1(O)c1c[nH]c2ccccc12. The van der Waals surface area contributed by atoms with Crippen LogP contribution in [0.5, 0.6) is 0 Å². The van der Waals surface area contributed by atoms with Crippen LogP contribution in [0.25, 0.3) is 21.8 Å². The van der Waals surface area contributed by atoms with Gasteiger partial charge < -0.3 is 30.0 Å². The Hall–Kier alpha value is -5.18. The van der Waals surface area contributed by atoms with E-state index >= 15 is 0 Å². The van der Waals surface area contributed by atoms with Crippen molar-refractivity contribution in [3.05, 3.63) is 132 Å². The van der Waals surface area contributed by atoms with Gasteiger partial charge in [-0.2, -0.15) is 0 Å². The Morgan fingerprint density at radius 3 is 1.34 bits per heavy atom. The number of amides is 2. The van der Waals surface area contributed by atoms with Gasteiger partial charge in [0.15, 0.2) is 11.2 Å². The lowest BCUT2D eigenvalue weighted by molar-refractivity contribution is -0.132. The highest BCUT2D eigenvalue weighted by molar-refractivity contribution is 6.12. The summed E-state index contributed by atoms with van der Waals surface area (Å²) in [6, 6.07) is 30.4. The average molecular weight is 625 g/mol. The predicted octanol–water partition coefficient (Wildman–Crippen LogP) is 6.46. The zero-order valence-electron chi connectivity index (χ0n) is 25.9. The van der Waals surface area contributed by atoms with Gasteiger partial charge in [-0.15, -0.1) is 0 Å². The van der Waals surface area contributed by atoms with E-state index in [9.17, 15) is 19.8 Å². The molecule has 0 spiro atoms. The summed E-state index contributed by atoms with van der Waals surface area (Å²) < 4.78 is 0. The molecule has 4 heterocycles. The van der Waals surface area contributed by atoms with E-state index in [2.05, 4.69) is 9.97 Å². The van der Waals surface area contributed by atoms with E-state index in [-0.39, 0.29) is 11.8 Å². The third kappa shape index (κ3) is 4.36. The van der Waals surface area contributed by atoms with Gasteiger partial charge in [-0.3, -0.25) is 9.59 Å². The molecule has 0 radical (unpaired) electrons. The van der Waals surface area contributed by atoms with Crippen LogP contribution in [-0.2, 0) is 20.8 Å². The molecule has 47 heavy (non-hydrogen) atoms. The molecule has 8 rings (SSSR count). The molecule has 2 unspecified atom stereocenters. The summed E-state index contributed by atoms with van der Waals surface area (Å²) >= 11 is 0. The predicted molar refractivity (Wildman–Crippen MR) is 183 cm³/mol. The number of nitrogens with zero attached hydrogens (tertiary/aromatic N) is 2. The summed E-state index contributed by atoms with van der Waals surface area (Å²) in [7, 11) is 0. The molecule has 0 aliphatic carbocycles. The molecule has 2 atom stereocenters. The number of hydrogen-bond acceptors (Lipinski definition) is 4. The Morgan fingerprint density at radius 1 is 0.489 bits per heavy atom. The summed E-state index contributed by atoms with van der Waals surface area (Å²) in [4.78, 5) is 37.6. The first-order valence-electron chi connectivity index (χ1n) is 16.3. The van der Waals surface area contributed by atoms with E-state index in [1.165, 1.54) is 0 Å². The van der Waals surface area contributed by atoms with Crippen LogP contribution in [0.4, 0.5) is 11.4 Å². The molecule has 6 aromatic rings. The standard InChI is InChI=1S/C39H36N4O4/c44-36-38(46,30-24-40-32-18-8-4-14-26(30)32)28-16-6-10-20-34(28)42(36)22-12-2-1-3-13-23-43-35-21-11-7-17-29(35)39(47,37(43)45)31-25-41-33-19-9-5-15-27(31)33/h4-11,14-21,24-25,40-41,46-47H,1-3,12-13,22-23H2. The van der Waals surface area contributed by atoms with Gasteiger partial charge in [0.25, 0.3) is 11.8 Å². The maximum atomic E-state index is 13.9. The van der Waals surface area contributed by atoms with Crippen LogP contribution in [0, 0.1) is 0 Å². The van der Waals surface area contributed by atoms with Gasteiger partial charge in [0.1, 0.15) is 0 Å². The quantitative estimate of drug-likeness (QED) is 0.131. The molecule has 2 amide bonds. The fraction of sp³-hybridized carbons (Fsp3) is 0.231. The number of hydrogen-bond donors (Lipinski definition) is 4. The molecule has 0 fully saturated rings. The van der Waals surface area contributed by atoms with Crippen molar-refractivity contribution in [1.82, 2.24) is 9.97 Å². The number of rotatable bonds is 10. The Balaban J connectivity index is 0.905. The monoisotopic (exact) mass is 624 g/mol. The number of H-pyrrole nitrogens is 2. The average Bonchev–Trinajstić information content (AvgIpc) is 3.84. The van der Waals surface area contributed by atoms with Crippen molar-refractivity contribution in [2.24, 2.45) is 0 Å². The third-order valence-electron chi connectivity index (χ3n) is 10.0. The molecule has 4 aromatic carbocycles. The van der Waals surface area contributed by atoms with E-state index in [0.29, 0.717) is 35.3 Å². The zero-order valence-corrected chi connectivity index (χ0v) is 25.9. The zero-order chi connectivity index (χ0) is 32.2. The van der Waals surface area contributed by atoms with E-state index < -0.39 is 11.2 Å². The number of benzene rings is 4. The normalized spacial score (nSPS) is 20.5. The van der Waals surface area contributed by atoms with E-state index in [1.54, 1.807) is 22.2 Å². The van der Waals surface area contributed by atoms with Crippen LogP contribution in [0.1, 0.15) is 54.4 Å². The minimum Gasteiger partial charge on any atom is -0.372 e. The number of anilines is 2. The van der Waals surface area contributed by atoms with Gasteiger partial charge in [-0.25, -0.2) is 0 Å². The first kappa shape index (κ1) is 29.2. The number of carbonyl (C=O) groups is 2. The van der Waals surface area contributed by atoms with Crippen molar-refractivity contribution in [1.29, 1.82) is 0 Å². The van der Waals surface area contributed by atoms with Gasteiger partial charge in [0.2, 0.25) is 0 Å². The van der Waals surface area contributed by atoms with Crippen LogP contribution < -0.4 is 9.80 Å². The van der Waals surface area contributed by atoms with E-state index in [4.69, 9.17) is 0 Å². The largest absolute Gasteiger partial charge is 0.372 e. The van der Waals surface area contributed by atoms with Crippen LogP contribution in [-0.4, -0.2) is 45.1 Å². The molecule has 2 aromatic heterocycles. The molecule has 4 N–H and O–H groups in total. The van der Waals surface area contributed by atoms with Crippen molar-refractivity contribution in [3.63, 3.8) is 0 Å². The van der Waals surface area contributed by atoms with Crippen molar-refractivity contribution in [3.8, 4) is 0 Å². The van der Waals surface area contributed by atoms with Crippen LogP contribution >= 0.6 is 0 Å². The fourth-order valence-electron chi connectivity index (χ4n) is 7.65. The minimum atomic E-state index is -1.75. The smallest absolute Gasteiger partial charge is 0.268 e. The minimum absolute atomic E-state index is 0.322. The second kappa shape index (κ2) is 11.3. The fourth-order valence-corrected chi connectivity index (χ4v) is 7.65. The molecule has 2 aliphatic heterocycles. The lowest BCUT2D eigenvalue weighted by Crippen LogP contribution is -2.41. The summed E-state index contributed by atoms with van der Waals surface area (Å²) in [5.41, 5.74) is 2.12. The van der Waals surface area contributed by atoms with Gasteiger partial charge >= 0.3 is 0 Å². The molecule has 0 saturated heterocycles. The summed E-state index contributed by atoms with van der Waals surface area (Å²) in [6.45, 7) is 1.02. The number of para-hydroxylation sites is 4. The second-order valence-electron chi connectivity index (χ2n) is 12.6. The highest BCUT2D eigenvalue weighted by Gasteiger charge is 2.53. The third-order valence-corrected chi connectivity index (χ3v) is 10.0. The number of aliphatic hydroxyl groups is 2. The Bertz CT molecular complexity index is 2000. The van der Waals surface area contributed by atoms with Crippen molar-refractivity contribution in [2.45, 2.75) is 43.3 Å². The van der Waals surface area contributed by atoms with Crippen molar-refractivity contribution >= 4 is 45.0 Å². The maximum Gasteiger partial charge on any atom is 0.268 e. The van der Waals surface area contributed by atoms with Crippen LogP contribution in [0.3, 0.4) is 0 Å². The van der Waals surface area contributed by atoms with Gasteiger partial charge in [-0.05, 0) is 37.1 Å². The van der Waals surface area contributed by atoms with Gasteiger partial charge in [-0.1, -0.05) is 92.1 Å². The molecule has 8 nitrogen and oxygen atoms in total. The Labute approximate surface area is 272 Å². The first-order valence-corrected chi connectivity index (χ1v) is 16.3. The molecule has 236 valence electrons. The molecule has 0 bridgehead atoms. The lowest BCUT2D eigenvalue weighted by Gasteiger charge is -2.23. The maximum absolute atomic E-state index is 13.9. The van der Waals surface area contributed by atoms with Crippen molar-refractivity contribution < 1.29 is 19.8 Å². The number of aromatic nitrogens is 2.